The van der Waals surface area contributed by atoms with Crippen molar-refractivity contribution < 1.29 is 13.2 Å². The normalized spacial score (nSPS) is 16.1. The summed E-state index contributed by atoms with van der Waals surface area (Å²) in [6.07, 6.45) is -2.27. The second-order valence-electron chi connectivity index (χ2n) is 6.89. The van der Waals surface area contributed by atoms with E-state index in [4.69, 9.17) is 0 Å². The number of aliphatic imine (C=N–C) groups is 1. The molecule has 10 heteroatoms. The van der Waals surface area contributed by atoms with Gasteiger partial charge in [-0.3, -0.25) is 9.89 Å². The zero-order valence-corrected chi connectivity index (χ0v) is 18.9. The van der Waals surface area contributed by atoms with E-state index in [0.717, 1.165) is 37.4 Å². The summed E-state index contributed by atoms with van der Waals surface area (Å²) >= 11 is 0. The molecule has 0 unspecified atom stereocenters. The molecule has 2 N–H and O–H groups in total. The predicted molar refractivity (Wildman–Crippen MR) is 118 cm³/mol. The number of hydrogen-bond acceptors (Lipinski definition) is 4. The van der Waals surface area contributed by atoms with Crippen molar-refractivity contribution in [3.8, 4) is 0 Å². The van der Waals surface area contributed by atoms with Gasteiger partial charge < -0.3 is 15.5 Å². The van der Waals surface area contributed by atoms with Crippen LogP contribution >= 0.6 is 24.0 Å². The summed E-state index contributed by atoms with van der Waals surface area (Å²) in [7, 11) is 3.13. The number of aryl methyl sites for hydroxylation is 1. The van der Waals surface area contributed by atoms with Crippen LogP contribution in [0.3, 0.4) is 0 Å². The van der Waals surface area contributed by atoms with Gasteiger partial charge in [-0.2, -0.15) is 13.2 Å². The van der Waals surface area contributed by atoms with E-state index in [1.54, 1.807) is 7.05 Å². The zero-order chi connectivity index (χ0) is 19.9. The maximum absolute atomic E-state index is 12.3. The van der Waals surface area contributed by atoms with Gasteiger partial charge >= 0.3 is 6.18 Å². The Bertz CT molecular complexity index is 618. The summed E-state index contributed by atoms with van der Waals surface area (Å²) in [6, 6.07) is 6.31. The highest BCUT2D eigenvalue weighted by atomic mass is 127. The molecule has 0 saturated carbocycles. The van der Waals surface area contributed by atoms with Crippen molar-refractivity contribution in [2.45, 2.75) is 32.0 Å². The van der Waals surface area contributed by atoms with E-state index in [0.29, 0.717) is 12.5 Å². The number of pyridine rings is 1. The summed E-state index contributed by atoms with van der Waals surface area (Å²) < 4.78 is 37.0. The van der Waals surface area contributed by atoms with E-state index < -0.39 is 12.7 Å². The fourth-order valence-electron chi connectivity index (χ4n) is 3.10. The first-order valence-corrected chi connectivity index (χ1v) is 9.18. The molecule has 1 aliphatic rings. The Morgan fingerprint density at radius 3 is 2.57 bits per heavy atom. The summed E-state index contributed by atoms with van der Waals surface area (Å²) in [5.41, 5.74) is 1.01. The Morgan fingerprint density at radius 2 is 2.00 bits per heavy atom. The first-order chi connectivity index (χ1) is 12.8. The lowest BCUT2D eigenvalue weighted by atomic mass is 10.1. The maximum atomic E-state index is 12.3. The standard InChI is InChI=1S/C18H29F3N6.HI/c1-14-5-4-6-16(24-14)27-10-7-15(8-11-27)25-17(22-2)23-9-12-26(3)13-18(19,20)21;/h4-6,15H,7-13H2,1-3H3,(H2,22,23,25);1H. The molecule has 1 aliphatic heterocycles. The molecule has 0 amide bonds. The number of halogens is 4. The van der Waals surface area contributed by atoms with Crippen LogP contribution in [0.5, 0.6) is 0 Å². The molecule has 2 rings (SSSR count). The lowest BCUT2D eigenvalue weighted by Gasteiger charge is -2.34. The van der Waals surface area contributed by atoms with Gasteiger partial charge in [0.25, 0.3) is 0 Å². The van der Waals surface area contributed by atoms with Gasteiger partial charge in [0.05, 0.1) is 6.54 Å². The van der Waals surface area contributed by atoms with Gasteiger partial charge in [-0.25, -0.2) is 4.98 Å². The van der Waals surface area contributed by atoms with Crippen LogP contribution in [0.1, 0.15) is 18.5 Å². The van der Waals surface area contributed by atoms with Crippen molar-refractivity contribution in [1.82, 2.24) is 20.5 Å². The van der Waals surface area contributed by atoms with E-state index in [-0.39, 0.29) is 36.6 Å². The fraction of sp³-hybridized carbons (Fsp3) is 0.667. The van der Waals surface area contributed by atoms with Crippen LogP contribution in [-0.2, 0) is 0 Å². The molecule has 1 saturated heterocycles. The van der Waals surface area contributed by atoms with Crippen molar-refractivity contribution in [2.24, 2.45) is 4.99 Å². The van der Waals surface area contributed by atoms with Crippen molar-refractivity contribution in [1.29, 1.82) is 0 Å². The second kappa shape index (κ2) is 11.6. The smallest absolute Gasteiger partial charge is 0.356 e. The Kier molecular flexibility index (Phi) is 10.3. The molecule has 160 valence electrons. The van der Waals surface area contributed by atoms with Gasteiger partial charge in [0.2, 0.25) is 0 Å². The van der Waals surface area contributed by atoms with Crippen LogP contribution in [-0.4, -0.2) is 74.9 Å². The highest BCUT2D eigenvalue weighted by molar-refractivity contribution is 14.0. The number of rotatable bonds is 6. The van der Waals surface area contributed by atoms with Crippen LogP contribution in [0.4, 0.5) is 19.0 Å². The van der Waals surface area contributed by atoms with E-state index in [2.05, 4.69) is 25.5 Å². The number of nitrogens with one attached hydrogen (secondary N) is 2. The number of anilines is 1. The number of piperidine rings is 1. The minimum absolute atomic E-state index is 0. The van der Waals surface area contributed by atoms with Gasteiger partial charge in [0.1, 0.15) is 5.82 Å². The number of likely N-dealkylation sites (N-methyl/N-ethyl adjacent to an activating group) is 1. The topological polar surface area (TPSA) is 55.8 Å². The minimum atomic E-state index is -4.17. The van der Waals surface area contributed by atoms with Crippen LogP contribution in [0.2, 0.25) is 0 Å². The second-order valence-corrected chi connectivity index (χ2v) is 6.89. The molecule has 0 atom stereocenters. The Labute approximate surface area is 182 Å². The Hall–Kier alpha value is -1.30. The Morgan fingerprint density at radius 1 is 1.32 bits per heavy atom. The molecule has 0 radical (unpaired) electrons. The van der Waals surface area contributed by atoms with Gasteiger partial charge in [0, 0.05) is 45.0 Å². The third-order valence-electron chi connectivity index (χ3n) is 4.49. The van der Waals surface area contributed by atoms with E-state index in [1.165, 1.54) is 11.9 Å². The number of guanidine groups is 1. The molecule has 1 fully saturated rings. The van der Waals surface area contributed by atoms with Crippen molar-refractivity contribution >= 4 is 35.8 Å². The molecular formula is C18H30F3IN6. The van der Waals surface area contributed by atoms with Crippen LogP contribution < -0.4 is 15.5 Å². The highest BCUT2D eigenvalue weighted by Crippen LogP contribution is 2.18. The molecule has 1 aromatic heterocycles. The molecule has 1 aromatic rings. The van der Waals surface area contributed by atoms with Crippen molar-refractivity contribution in [3.63, 3.8) is 0 Å². The SMILES string of the molecule is CN=C(NCCN(C)CC(F)(F)F)NC1CCN(c2cccc(C)n2)CC1.I. The van der Waals surface area contributed by atoms with E-state index >= 15 is 0 Å². The van der Waals surface area contributed by atoms with E-state index in [9.17, 15) is 13.2 Å². The largest absolute Gasteiger partial charge is 0.401 e. The van der Waals surface area contributed by atoms with Crippen LogP contribution in [0, 0.1) is 6.92 Å². The molecule has 28 heavy (non-hydrogen) atoms. The number of alkyl halides is 3. The van der Waals surface area contributed by atoms with Gasteiger partial charge in [0.15, 0.2) is 5.96 Å². The summed E-state index contributed by atoms with van der Waals surface area (Å²) in [4.78, 5) is 12.3. The molecule has 0 bridgehead atoms. The minimum Gasteiger partial charge on any atom is -0.356 e. The van der Waals surface area contributed by atoms with Crippen molar-refractivity contribution in [3.05, 3.63) is 23.9 Å². The Balaban J connectivity index is 0.00000392. The third kappa shape index (κ3) is 8.80. The molecule has 0 aliphatic carbocycles. The van der Waals surface area contributed by atoms with Gasteiger partial charge in [-0.15, -0.1) is 24.0 Å². The first-order valence-electron chi connectivity index (χ1n) is 9.18. The number of aromatic nitrogens is 1. The van der Waals surface area contributed by atoms with Gasteiger partial charge in [-0.05, 0) is 38.9 Å². The predicted octanol–water partition coefficient (Wildman–Crippen LogP) is 2.64. The maximum Gasteiger partial charge on any atom is 0.401 e. The molecular weight excluding hydrogens is 484 g/mol. The third-order valence-corrected chi connectivity index (χ3v) is 4.49. The quantitative estimate of drug-likeness (QED) is 0.348. The lowest BCUT2D eigenvalue weighted by molar-refractivity contribution is -0.142. The molecule has 0 aromatic carbocycles. The van der Waals surface area contributed by atoms with Crippen LogP contribution in [0.25, 0.3) is 0 Å². The molecule has 2 heterocycles. The average molecular weight is 514 g/mol. The monoisotopic (exact) mass is 514 g/mol. The lowest BCUT2D eigenvalue weighted by Crippen LogP contribution is -2.50. The van der Waals surface area contributed by atoms with Crippen molar-refractivity contribution in [2.75, 3.05) is 51.7 Å². The first kappa shape index (κ1) is 24.7. The molecule has 6 nitrogen and oxygen atoms in total. The summed E-state index contributed by atoms with van der Waals surface area (Å²) in [5.74, 6) is 1.63. The number of nitrogens with zero attached hydrogens (tertiary/aromatic N) is 4. The van der Waals surface area contributed by atoms with E-state index in [1.807, 2.05) is 25.1 Å². The fourth-order valence-corrected chi connectivity index (χ4v) is 3.10. The van der Waals surface area contributed by atoms with Crippen LogP contribution in [0.15, 0.2) is 23.2 Å². The highest BCUT2D eigenvalue weighted by Gasteiger charge is 2.28. The summed E-state index contributed by atoms with van der Waals surface area (Å²) in [5, 5.41) is 6.45. The summed E-state index contributed by atoms with van der Waals surface area (Å²) in [6.45, 7) is 3.57. The average Bonchev–Trinajstić information content (AvgIpc) is 2.60. The number of hydrogen-bond donors (Lipinski definition) is 2. The van der Waals surface area contributed by atoms with Gasteiger partial charge in [-0.1, -0.05) is 6.07 Å². The molecule has 0 spiro atoms. The zero-order valence-electron chi connectivity index (χ0n) is 16.6.